The van der Waals surface area contributed by atoms with Crippen molar-refractivity contribution >= 4 is 39.1 Å². The molecule has 5 rings (SSSR count). The van der Waals surface area contributed by atoms with E-state index in [1.165, 1.54) is 17.0 Å². The van der Waals surface area contributed by atoms with E-state index in [2.05, 4.69) is 5.32 Å². The first-order valence-corrected chi connectivity index (χ1v) is 17.8. The lowest BCUT2D eigenvalue weighted by Crippen LogP contribution is -2.53. The summed E-state index contributed by atoms with van der Waals surface area (Å²) in [5.74, 6) is 0.251. The second-order valence-electron chi connectivity index (χ2n) is 11.4. The van der Waals surface area contributed by atoms with Gasteiger partial charge in [0.2, 0.25) is 11.8 Å². The average Bonchev–Trinajstić information content (AvgIpc) is 3.13. The summed E-state index contributed by atoms with van der Waals surface area (Å²) in [4.78, 5) is 29.9. The van der Waals surface area contributed by atoms with Crippen LogP contribution in [0.3, 0.4) is 0 Å². The molecule has 0 fully saturated rings. The van der Waals surface area contributed by atoms with Gasteiger partial charge in [-0.05, 0) is 78.2 Å². The first-order chi connectivity index (χ1) is 23.7. The molecule has 5 aromatic rings. The van der Waals surface area contributed by atoms with E-state index in [0.29, 0.717) is 29.5 Å². The van der Waals surface area contributed by atoms with Gasteiger partial charge in [0, 0.05) is 24.5 Å². The topological polar surface area (TPSA) is 96.0 Å². The Kier molecular flexibility index (Phi) is 12.1. The van der Waals surface area contributed by atoms with Crippen LogP contribution in [0.4, 0.5) is 5.69 Å². The molecule has 0 spiro atoms. The van der Waals surface area contributed by atoms with E-state index in [1.807, 2.05) is 67.6 Å². The number of nitrogens with zero attached hydrogens (tertiary/aromatic N) is 2. The molecule has 1 atom stereocenters. The number of halogens is 1. The van der Waals surface area contributed by atoms with Crippen molar-refractivity contribution < 1.29 is 22.7 Å². The van der Waals surface area contributed by atoms with Crippen LogP contribution < -0.4 is 14.4 Å². The molecule has 0 aliphatic heterocycles. The van der Waals surface area contributed by atoms with Gasteiger partial charge in [0.1, 0.15) is 24.1 Å². The normalized spacial score (nSPS) is 11.7. The maximum absolute atomic E-state index is 14.6. The predicted octanol–water partition coefficient (Wildman–Crippen LogP) is 7.49. The van der Waals surface area contributed by atoms with Crippen LogP contribution in [0.15, 0.2) is 144 Å². The third-order valence-corrected chi connectivity index (χ3v) is 9.84. The molecule has 0 saturated heterocycles. The van der Waals surface area contributed by atoms with E-state index in [1.54, 1.807) is 66.7 Å². The Morgan fingerprint density at radius 3 is 1.92 bits per heavy atom. The molecule has 0 aliphatic rings. The first-order valence-electron chi connectivity index (χ1n) is 16.0. The fourth-order valence-electron chi connectivity index (χ4n) is 5.26. The zero-order chi connectivity index (χ0) is 34.6. The lowest BCUT2D eigenvalue weighted by Gasteiger charge is -2.34. The Bertz CT molecular complexity index is 1910. The average molecular weight is 696 g/mol. The van der Waals surface area contributed by atoms with E-state index >= 15 is 0 Å². The van der Waals surface area contributed by atoms with Gasteiger partial charge in [-0.1, -0.05) is 97.4 Å². The number of nitrogens with one attached hydrogen (secondary N) is 1. The van der Waals surface area contributed by atoms with Crippen molar-refractivity contribution in [1.82, 2.24) is 10.2 Å². The number of sulfonamides is 1. The Morgan fingerprint density at radius 2 is 1.31 bits per heavy atom. The molecule has 8 nitrogen and oxygen atoms in total. The highest BCUT2D eigenvalue weighted by Crippen LogP contribution is 2.29. The van der Waals surface area contributed by atoms with Crippen molar-refractivity contribution in [2.45, 2.75) is 37.2 Å². The highest BCUT2D eigenvalue weighted by Gasteiger charge is 2.34. The summed E-state index contributed by atoms with van der Waals surface area (Å²) in [5, 5.41) is 3.48. The van der Waals surface area contributed by atoms with Crippen LogP contribution in [0.5, 0.6) is 11.5 Å². The number of amides is 2. The lowest BCUT2D eigenvalue weighted by molar-refractivity contribution is -0.140. The number of hydrogen-bond donors (Lipinski definition) is 1. The van der Waals surface area contributed by atoms with Crippen molar-refractivity contribution in [3.8, 4) is 11.5 Å². The molecule has 0 saturated carbocycles. The number of carbonyl (C=O) groups excluding carboxylic acids is 2. The SMILES string of the molecule is CCCNC(=O)[C@@H](Cc1ccccc1)N(Cc1ccc(Cl)cc1)C(=O)CN(c1ccc(Oc2ccccc2)cc1)S(=O)(=O)c1ccccc1. The summed E-state index contributed by atoms with van der Waals surface area (Å²) in [5.41, 5.74) is 1.86. The third-order valence-electron chi connectivity index (χ3n) is 7.80. The van der Waals surface area contributed by atoms with E-state index in [4.69, 9.17) is 16.3 Å². The minimum absolute atomic E-state index is 0.0261. The molecule has 5 aromatic carbocycles. The lowest BCUT2D eigenvalue weighted by atomic mass is 10.0. The first kappa shape index (κ1) is 35.2. The molecule has 1 N–H and O–H groups in total. The van der Waals surface area contributed by atoms with Gasteiger partial charge in [-0.2, -0.15) is 0 Å². The van der Waals surface area contributed by atoms with E-state index in [0.717, 1.165) is 15.4 Å². The Hall–Kier alpha value is -5.12. The molecule has 0 heterocycles. The summed E-state index contributed by atoms with van der Waals surface area (Å²) < 4.78 is 35.5. The molecule has 0 aromatic heterocycles. The second kappa shape index (κ2) is 16.8. The zero-order valence-electron chi connectivity index (χ0n) is 27.1. The monoisotopic (exact) mass is 695 g/mol. The Balaban J connectivity index is 1.54. The largest absolute Gasteiger partial charge is 0.457 e. The number of carbonyl (C=O) groups is 2. The molecule has 252 valence electrons. The fraction of sp³-hybridized carbons (Fsp3) is 0.179. The van der Waals surface area contributed by atoms with Crippen molar-refractivity contribution in [2.24, 2.45) is 0 Å². The Labute approximate surface area is 293 Å². The van der Waals surface area contributed by atoms with Gasteiger partial charge in [0.15, 0.2) is 0 Å². The summed E-state index contributed by atoms with van der Waals surface area (Å²) >= 11 is 6.16. The fourth-order valence-corrected chi connectivity index (χ4v) is 6.82. The quantitative estimate of drug-likeness (QED) is 0.122. The van der Waals surface area contributed by atoms with E-state index in [9.17, 15) is 18.0 Å². The van der Waals surface area contributed by atoms with Crippen LogP contribution in [0.1, 0.15) is 24.5 Å². The standard InChI is InChI=1S/C39H38ClN3O5S/c1-2-26-41-39(45)37(27-30-12-6-3-7-13-30)42(28-31-18-20-32(40)21-19-31)38(44)29-43(49(46,47)36-16-10-5-11-17-36)33-22-24-35(25-23-33)48-34-14-8-4-9-15-34/h3-25,37H,2,26-29H2,1H3,(H,41,45)/t37-/m1/s1. The van der Waals surface area contributed by atoms with Gasteiger partial charge in [-0.3, -0.25) is 13.9 Å². The maximum Gasteiger partial charge on any atom is 0.264 e. The molecular weight excluding hydrogens is 658 g/mol. The number of anilines is 1. The minimum atomic E-state index is -4.22. The van der Waals surface area contributed by atoms with Crippen LogP contribution in [-0.2, 0) is 32.6 Å². The molecule has 0 radical (unpaired) electrons. The van der Waals surface area contributed by atoms with Crippen LogP contribution in [0, 0.1) is 0 Å². The van der Waals surface area contributed by atoms with Gasteiger partial charge < -0.3 is 15.0 Å². The Morgan fingerprint density at radius 1 is 0.735 bits per heavy atom. The maximum atomic E-state index is 14.6. The predicted molar refractivity (Wildman–Crippen MR) is 193 cm³/mol. The van der Waals surface area contributed by atoms with Gasteiger partial charge in [0.25, 0.3) is 10.0 Å². The van der Waals surface area contributed by atoms with Gasteiger partial charge in [-0.25, -0.2) is 8.42 Å². The van der Waals surface area contributed by atoms with Crippen LogP contribution >= 0.6 is 11.6 Å². The zero-order valence-corrected chi connectivity index (χ0v) is 28.7. The van der Waals surface area contributed by atoms with E-state index in [-0.39, 0.29) is 29.5 Å². The molecule has 10 heteroatoms. The third kappa shape index (κ3) is 9.49. The highest BCUT2D eigenvalue weighted by molar-refractivity contribution is 7.92. The molecular formula is C39H38ClN3O5S. The second-order valence-corrected chi connectivity index (χ2v) is 13.7. The molecule has 0 unspecified atom stereocenters. The number of rotatable bonds is 15. The van der Waals surface area contributed by atoms with Crippen LogP contribution in [-0.4, -0.2) is 44.3 Å². The summed E-state index contributed by atoms with van der Waals surface area (Å²) in [6.07, 6.45) is 0.939. The molecule has 0 bridgehead atoms. The summed E-state index contributed by atoms with van der Waals surface area (Å²) in [6, 6.07) is 39.2. The molecule has 2 amide bonds. The summed E-state index contributed by atoms with van der Waals surface area (Å²) in [6.45, 7) is 1.87. The van der Waals surface area contributed by atoms with Gasteiger partial charge >= 0.3 is 0 Å². The minimum Gasteiger partial charge on any atom is -0.457 e. The van der Waals surface area contributed by atoms with Crippen molar-refractivity contribution in [3.63, 3.8) is 0 Å². The number of ether oxygens (including phenoxy) is 1. The van der Waals surface area contributed by atoms with Gasteiger partial charge in [0.05, 0.1) is 10.6 Å². The van der Waals surface area contributed by atoms with E-state index < -0.39 is 28.5 Å². The number of benzene rings is 5. The highest BCUT2D eigenvalue weighted by atomic mass is 35.5. The number of para-hydroxylation sites is 1. The smallest absolute Gasteiger partial charge is 0.264 e. The van der Waals surface area contributed by atoms with Crippen LogP contribution in [0.25, 0.3) is 0 Å². The molecule has 49 heavy (non-hydrogen) atoms. The van der Waals surface area contributed by atoms with Crippen molar-refractivity contribution in [2.75, 3.05) is 17.4 Å². The van der Waals surface area contributed by atoms with Crippen molar-refractivity contribution in [1.29, 1.82) is 0 Å². The summed E-state index contributed by atoms with van der Waals surface area (Å²) in [7, 11) is -4.22. The molecule has 0 aliphatic carbocycles. The number of hydrogen-bond acceptors (Lipinski definition) is 5. The van der Waals surface area contributed by atoms with Crippen molar-refractivity contribution in [3.05, 3.63) is 156 Å². The van der Waals surface area contributed by atoms with Gasteiger partial charge in [-0.15, -0.1) is 0 Å². The van der Waals surface area contributed by atoms with Crippen LogP contribution in [0.2, 0.25) is 5.02 Å².